The molecule has 3 aromatic carbocycles. The molecule has 18 nitrogen and oxygen atoms in total. The van der Waals surface area contributed by atoms with Crippen LogP contribution in [0.3, 0.4) is 0 Å². The molecule has 4 aliphatic heterocycles. The molecule has 3 atom stereocenters. The van der Waals surface area contributed by atoms with E-state index >= 15 is 8.78 Å². The van der Waals surface area contributed by atoms with Crippen LogP contribution < -0.4 is 30.6 Å². The van der Waals surface area contributed by atoms with Crippen LogP contribution in [0.5, 0.6) is 11.5 Å². The van der Waals surface area contributed by atoms with Gasteiger partial charge in [0.15, 0.2) is 11.6 Å². The van der Waals surface area contributed by atoms with Gasteiger partial charge in [-0.15, -0.1) is 0 Å². The van der Waals surface area contributed by atoms with Gasteiger partial charge in [0.05, 0.1) is 53.4 Å². The number of nitriles is 1. The van der Waals surface area contributed by atoms with Crippen LogP contribution in [0.2, 0.25) is 0 Å². The van der Waals surface area contributed by atoms with Gasteiger partial charge >= 0.3 is 10.2 Å². The number of piperidine rings is 2. The van der Waals surface area contributed by atoms with Crippen molar-refractivity contribution in [1.82, 2.24) is 29.0 Å². The van der Waals surface area contributed by atoms with Crippen LogP contribution in [0.15, 0.2) is 59.7 Å². The predicted octanol–water partition coefficient (Wildman–Crippen LogP) is 3.10. The van der Waals surface area contributed by atoms with Gasteiger partial charge in [-0.1, -0.05) is 6.92 Å². The number of piperazine rings is 1. The Morgan fingerprint density at radius 1 is 1.06 bits per heavy atom. The number of rotatable bonds is 12. The largest absolute Gasteiger partial charge is 0.453 e. The first-order chi connectivity index (χ1) is 30.7. The van der Waals surface area contributed by atoms with Gasteiger partial charge in [0.1, 0.15) is 35.5 Å². The zero-order valence-corrected chi connectivity index (χ0v) is 36.2. The molecule has 4 N–H and O–H groups in total. The van der Waals surface area contributed by atoms with E-state index in [4.69, 9.17) is 9.47 Å². The summed E-state index contributed by atoms with van der Waals surface area (Å²) in [5, 5.41) is 25.2. The lowest BCUT2D eigenvalue weighted by Crippen LogP contribution is -2.52. The van der Waals surface area contributed by atoms with Crippen LogP contribution in [0.4, 0.5) is 25.8 Å². The molecule has 1 aromatic heterocycles. The van der Waals surface area contributed by atoms with Crippen LogP contribution in [-0.2, 0) is 24.5 Å². The van der Waals surface area contributed by atoms with Gasteiger partial charge in [0.25, 0.3) is 5.56 Å². The summed E-state index contributed by atoms with van der Waals surface area (Å²) in [6, 6.07) is 12.3. The van der Waals surface area contributed by atoms with Crippen molar-refractivity contribution in [3.05, 3.63) is 82.4 Å². The lowest BCUT2D eigenvalue weighted by atomic mass is 9.87. The summed E-state index contributed by atoms with van der Waals surface area (Å²) >= 11 is 0. The van der Waals surface area contributed by atoms with E-state index in [1.165, 1.54) is 42.2 Å². The SMILES string of the molecule is CCN(C)S(=O)(=O)Nc1ccc(F)c(Oc2ccc3ncn([C@H]4COC5(CCN(C(=O)CN6CCN(c7ccc(NC8CCC(O)NC8=O)cc7F)CC6)CC5)C4)c(=O)c3c2)c1C#N. The Morgan fingerprint density at radius 3 is 2.53 bits per heavy atom. The second kappa shape index (κ2) is 18.3. The van der Waals surface area contributed by atoms with Crippen molar-refractivity contribution in [3.63, 3.8) is 0 Å². The fourth-order valence-electron chi connectivity index (χ4n) is 8.73. The van der Waals surface area contributed by atoms with E-state index in [-0.39, 0.29) is 65.5 Å². The summed E-state index contributed by atoms with van der Waals surface area (Å²) in [5.74, 6) is -2.12. The van der Waals surface area contributed by atoms with E-state index in [2.05, 4.69) is 25.2 Å². The molecule has 8 rings (SSSR count). The van der Waals surface area contributed by atoms with Gasteiger partial charge in [0.2, 0.25) is 11.8 Å². The summed E-state index contributed by atoms with van der Waals surface area (Å²) in [4.78, 5) is 49.9. The molecule has 5 heterocycles. The average Bonchev–Trinajstić information content (AvgIpc) is 3.68. The molecule has 4 fully saturated rings. The van der Waals surface area contributed by atoms with Gasteiger partial charge in [-0.05, 0) is 80.6 Å². The number of ether oxygens (including phenoxy) is 2. The highest BCUT2D eigenvalue weighted by Crippen LogP contribution is 2.41. The lowest BCUT2D eigenvalue weighted by Gasteiger charge is -2.40. The number of likely N-dealkylation sites (tertiary alicyclic amines) is 1. The smallest absolute Gasteiger partial charge is 0.301 e. The highest BCUT2D eigenvalue weighted by molar-refractivity contribution is 7.90. The predicted molar refractivity (Wildman–Crippen MR) is 232 cm³/mol. The topological polar surface area (TPSA) is 215 Å². The summed E-state index contributed by atoms with van der Waals surface area (Å²) < 4.78 is 72.7. The highest BCUT2D eigenvalue weighted by atomic mass is 32.2. The molecule has 0 aliphatic carbocycles. The molecule has 64 heavy (non-hydrogen) atoms. The third-order valence-electron chi connectivity index (χ3n) is 12.6. The molecule has 21 heteroatoms. The Morgan fingerprint density at radius 2 is 1.83 bits per heavy atom. The zero-order chi connectivity index (χ0) is 45.3. The van der Waals surface area contributed by atoms with E-state index in [1.807, 2.05) is 15.9 Å². The number of amides is 2. The van der Waals surface area contributed by atoms with Gasteiger partial charge in [-0.2, -0.15) is 18.0 Å². The molecule has 2 unspecified atom stereocenters. The van der Waals surface area contributed by atoms with Crippen LogP contribution in [0.1, 0.15) is 50.6 Å². The summed E-state index contributed by atoms with van der Waals surface area (Å²) in [6.07, 6.45) is 3.16. The standard InChI is InChI=1S/C43H50F2N10O8S/c1-3-51(2)64(60,61)50-35-8-6-32(44)40(31(35)23-46)63-29-5-7-34-30(21-29)42(59)55(26-47-34)28-22-43(62-25-28)12-14-54(15-13-43)39(57)24-52-16-18-53(19-17-52)37-10-4-27(20-33(37)45)48-36-9-11-38(56)49-41(36)58/h4-8,10,20-21,26,28,36,38,48,50,56H,3,9,11-19,22,24-25H2,1-2H3,(H,49,58)/t28-,36?,38?/m1/s1. The first kappa shape index (κ1) is 44.7. The van der Waals surface area contributed by atoms with Crippen LogP contribution in [-0.4, -0.2) is 133 Å². The van der Waals surface area contributed by atoms with Crippen molar-refractivity contribution in [1.29, 1.82) is 5.26 Å². The minimum Gasteiger partial charge on any atom is -0.453 e. The molecule has 0 bridgehead atoms. The number of carbonyl (C=O) groups is 2. The van der Waals surface area contributed by atoms with Gasteiger partial charge in [-0.3, -0.25) is 28.6 Å². The minimum absolute atomic E-state index is 0.00517. The number of hydrogen-bond donors (Lipinski definition) is 4. The third kappa shape index (κ3) is 9.32. The van der Waals surface area contributed by atoms with Crippen LogP contribution in [0, 0.1) is 23.0 Å². The maximum atomic E-state index is 15.2. The number of anilines is 3. The molecular weight excluding hydrogens is 855 g/mol. The quantitative estimate of drug-likeness (QED) is 0.161. The van der Waals surface area contributed by atoms with Gasteiger partial charge < -0.3 is 35.0 Å². The van der Waals surface area contributed by atoms with Gasteiger partial charge in [-0.25, -0.2) is 13.8 Å². The monoisotopic (exact) mass is 904 g/mol. The first-order valence-electron chi connectivity index (χ1n) is 21.2. The molecular formula is C43H50F2N10O8S. The molecule has 0 saturated carbocycles. The number of aromatic nitrogens is 2. The molecule has 340 valence electrons. The second-order valence-electron chi connectivity index (χ2n) is 16.6. The Bertz CT molecular complexity index is 2650. The lowest BCUT2D eigenvalue weighted by molar-refractivity contribution is -0.137. The molecule has 0 radical (unpaired) electrons. The number of hydrogen-bond acceptors (Lipinski definition) is 13. The Labute approximate surface area is 368 Å². The Balaban J connectivity index is 0.847. The summed E-state index contributed by atoms with van der Waals surface area (Å²) in [6.45, 7) is 5.49. The number of fused-ring (bicyclic) bond motifs is 1. The summed E-state index contributed by atoms with van der Waals surface area (Å²) in [5.41, 5.74) is -0.154. The number of benzene rings is 3. The molecule has 1 spiro atoms. The van der Waals surface area contributed by atoms with Crippen LogP contribution >= 0.6 is 0 Å². The Hall–Kier alpha value is -5.92. The van der Waals surface area contributed by atoms with E-state index in [0.29, 0.717) is 88.3 Å². The van der Waals surface area contributed by atoms with E-state index < -0.39 is 45.5 Å². The summed E-state index contributed by atoms with van der Waals surface area (Å²) in [7, 11) is -2.68. The number of nitrogens with zero attached hydrogens (tertiary/aromatic N) is 7. The van der Waals surface area contributed by atoms with Crippen molar-refractivity contribution in [2.45, 2.75) is 62.9 Å². The molecule has 2 amide bonds. The van der Waals surface area contributed by atoms with E-state index in [0.717, 1.165) is 16.4 Å². The fourth-order valence-corrected chi connectivity index (χ4v) is 9.67. The van der Waals surface area contributed by atoms with E-state index in [1.54, 1.807) is 19.1 Å². The maximum Gasteiger partial charge on any atom is 0.301 e. The second-order valence-corrected chi connectivity index (χ2v) is 18.4. The number of halogens is 2. The third-order valence-corrected chi connectivity index (χ3v) is 14.2. The van der Waals surface area contributed by atoms with Crippen molar-refractivity contribution in [2.75, 3.05) is 81.0 Å². The number of aliphatic hydroxyl groups excluding tert-OH is 1. The normalized spacial score (nSPS) is 21.5. The minimum atomic E-state index is -4.03. The molecule has 4 saturated heterocycles. The zero-order valence-electron chi connectivity index (χ0n) is 35.4. The number of aliphatic hydroxyl groups is 1. The van der Waals surface area contributed by atoms with Gasteiger partial charge in [0, 0.05) is 58.5 Å². The number of carbonyl (C=O) groups excluding carboxylic acids is 2. The van der Waals surface area contributed by atoms with Crippen molar-refractivity contribution in [2.24, 2.45) is 0 Å². The highest BCUT2D eigenvalue weighted by Gasteiger charge is 2.44. The maximum absolute atomic E-state index is 15.2. The van der Waals surface area contributed by atoms with Crippen molar-refractivity contribution < 1.29 is 41.4 Å². The van der Waals surface area contributed by atoms with Crippen LogP contribution in [0.25, 0.3) is 10.9 Å². The van der Waals surface area contributed by atoms with Crippen molar-refractivity contribution >= 4 is 50.0 Å². The van der Waals surface area contributed by atoms with Crippen molar-refractivity contribution in [3.8, 4) is 17.6 Å². The van der Waals surface area contributed by atoms with E-state index in [9.17, 15) is 33.2 Å². The fraction of sp³-hybridized carbons (Fsp3) is 0.465. The number of nitrogens with one attached hydrogen (secondary N) is 3. The average molecular weight is 905 g/mol. The molecule has 4 aromatic rings. The Kier molecular flexibility index (Phi) is 12.8. The molecule has 4 aliphatic rings. The first-order valence-corrected chi connectivity index (χ1v) is 22.7.